The fourth-order valence-electron chi connectivity index (χ4n) is 2.30. The molecule has 2 aromatic carbocycles. The lowest BCUT2D eigenvalue weighted by Gasteiger charge is -2.18. The van der Waals surface area contributed by atoms with Crippen LogP contribution in [0.3, 0.4) is 0 Å². The van der Waals surface area contributed by atoms with Gasteiger partial charge < -0.3 is 5.11 Å². The molecule has 21 heavy (non-hydrogen) atoms. The van der Waals surface area contributed by atoms with Crippen LogP contribution in [0.2, 0.25) is 0 Å². The van der Waals surface area contributed by atoms with E-state index in [1.54, 1.807) is 18.2 Å². The van der Waals surface area contributed by atoms with E-state index in [-0.39, 0.29) is 5.82 Å². The van der Waals surface area contributed by atoms with E-state index < -0.39 is 5.97 Å². The quantitative estimate of drug-likeness (QED) is 0.915. The van der Waals surface area contributed by atoms with Crippen LogP contribution in [0.25, 0.3) is 0 Å². The van der Waals surface area contributed by atoms with Gasteiger partial charge in [0.05, 0.1) is 5.56 Å². The average Bonchev–Trinajstić information content (AvgIpc) is 2.40. The molecule has 0 saturated heterocycles. The second-order valence-electron chi connectivity index (χ2n) is 5.25. The van der Waals surface area contributed by atoms with E-state index in [1.165, 1.54) is 12.1 Å². The van der Waals surface area contributed by atoms with E-state index in [4.69, 9.17) is 5.11 Å². The van der Waals surface area contributed by atoms with Crippen LogP contribution >= 0.6 is 0 Å². The molecular weight excluding hydrogens is 269 g/mol. The maximum atomic E-state index is 13.2. The minimum absolute atomic E-state index is 0.233. The van der Waals surface area contributed by atoms with Crippen molar-refractivity contribution in [1.82, 2.24) is 4.90 Å². The van der Waals surface area contributed by atoms with Crippen molar-refractivity contribution in [2.45, 2.75) is 20.0 Å². The van der Waals surface area contributed by atoms with Crippen molar-refractivity contribution in [3.8, 4) is 0 Å². The van der Waals surface area contributed by atoms with Crippen molar-refractivity contribution in [3.05, 3.63) is 70.5 Å². The monoisotopic (exact) mass is 287 g/mol. The number of aryl methyl sites for hydroxylation is 1. The molecule has 0 unspecified atom stereocenters. The molecular formula is C17H18FNO2. The normalized spacial score (nSPS) is 10.9. The standard InChI is InChI=1S/C17H18FNO2/c1-12-8-14(17(20)21)6-7-15(12)11-19(2)10-13-4-3-5-16(18)9-13/h3-9H,10-11H2,1-2H3,(H,20,21). The van der Waals surface area contributed by atoms with Gasteiger partial charge in [-0.3, -0.25) is 4.90 Å². The summed E-state index contributed by atoms with van der Waals surface area (Å²) in [6.07, 6.45) is 0. The Bertz CT molecular complexity index is 655. The van der Waals surface area contributed by atoms with Crippen LogP contribution in [0.15, 0.2) is 42.5 Å². The van der Waals surface area contributed by atoms with E-state index in [9.17, 15) is 9.18 Å². The summed E-state index contributed by atoms with van der Waals surface area (Å²) in [7, 11) is 1.95. The predicted molar refractivity (Wildman–Crippen MR) is 79.7 cm³/mol. The smallest absolute Gasteiger partial charge is 0.335 e. The molecule has 2 rings (SSSR count). The summed E-state index contributed by atoms with van der Waals surface area (Å²) in [6.45, 7) is 3.22. The van der Waals surface area contributed by atoms with Crippen LogP contribution in [-0.2, 0) is 13.1 Å². The molecule has 0 fully saturated rings. The van der Waals surface area contributed by atoms with Crippen LogP contribution in [0.5, 0.6) is 0 Å². The van der Waals surface area contributed by atoms with Gasteiger partial charge in [-0.1, -0.05) is 18.2 Å². The lowest BCUT2D eigenvalue weighted by Crippen LogP contribution is -2.18. The molecule has 0 heterocycles. The third-order valence-corrected chi connectivity index (χ3v) is 3.37. The van der Waals surface area contributed by atoms with Crippen molar-refractivity contribution in [2.24, 2.45) is 0 Å². The predicted octanol–water partition coefficient (Wildman–Crippen LogP) is 3.46. The first-order valence-corrected chi connectivity index (χ1v) is 6.71. The molecule has 0 bridgehead atoms. The Hall–Kier alpha value is -2.20. The maximum Gasteiger partial charge on any atom is 0.335 e. The summed E-state index contributed by atoms with van der Waals surface area (Å²) in [4.78, 5) is 13.0. The highest BCUT2D eigenvalue weighted by atomic mass is 19.1. The fraction of sp³-hybridized carbons (Fsp3) is 0.235. The summed E-state index contributed by atoms with van der Waals surface area (Å²) < 4.78 is 13.2. The van der Waals surface area contributed by atoms with Crippen LogP contribution < -0.4 is 0 Å². The average molecular weight is 287 g/mol. The first kappa shape index (κ1) is 15.2. The van der Waals surface area contributed by atoms with Gasteiger partial charge in [-0.25, -0.2) is 9.18 Å². The Kier molecular flexibility index (Phi) is 4.70. The van der Waals surface area contributed by atoms with Crippen LogP contribution in [-0.4, -0.2) is 23.0 Å². The highest BCUT2D eigenvalue weighted by molar-refractivity contribution is 5.87. The Morgan fingerprint density at radius 3 is 2.57 bits per heavy atom. The molecule has 0 saturated carbocycles. The van der Waals surface area contributed by atoms with E-state index in [0.717, 1.165) is 16.7 Å². The zero-order valence-corrected chi connectivity index (χ0v) is 12.1. The molecule has 0 aliphatic rings. The summed E-state index contributed by atoms with van der Waals surface area (Å²) >= 11 is 0. The van der Waals surface area contributed by atoms with Gasteiger partial charge in [0.2, 0.25) is 0 Å². The second-order valence-corrected chi connectivity index (χ2v) is 5.25. The van der Waals surface area contributed by atoms with Crippen molar-refractivity contribution < 1.29 is 14.3 Å². The number of benzene rings is 2. The molecule has 110 valence electrons. The van der Waals surface area contributed by atoms with E-state index >= 15 is 0 Å². The van der Waals surface area contributed by atoms with Crippen molar-refractivity contribution in [2.75, 3.05) is 7.05 Å². The van der Waals surface area contributed by atoms with Gasteiger partial charge in [-0.2, -0.15) is 0 Å². The van der Waals surface area contributed by atoms with Crippen LogP contribution in [0.4, 0.5) is 4.39 Å². The number of carboxylic acids is 1. The number of aromatic carboxylic acids is 1. The molecule has 4 heteroatoms. The van der Waals surface area contributed by atoms with Crippen LogP contribution in [0, 0.1) is 12.7 Å². The second kappa shape index (κ2) is 6.50. The zero-order chi connectivity index (χ0) is 15.4. The number of halogens is 1. The topological polar surface area (TPSA) is 40.5 Å². The Labute approximate surface area is 123 Å². The lowest BCUT2D eigenvalue weighted by atomic mass is 10.0. The molecule has 0 aliphatic carbocycles. The minimum atomic E-state index is -0.919. The summed E-state index contributed by atoms with van der Waals surface area (Å²) in [5, 5.41) is 8.96. The highest BCUT2D eigenvalue weighted by Crippen LogP contribution is 2.15. The Morgan fingerprint density at radius 2 is 1.95 bits per heavy atom. The van der Waals surface area contributed by atoms with Crippen LogP contribution in [0.1, 0.15) is 27.0 Å². The number of hydrogen-bond acceptors (Lipinski definition) is 2. The molecule has 3 nitrogen and oxygen atoms in total. The highest BCUT2D eigenvalue weighted by Gasteiger charge is 2.08. The molecule has 0 aliphatic heterocycles. The number of rotatable bonds is 5. The molecule has 0 amide bonds. The zero-order valence-electron chi connectivity index (χ0n) is 12.1. The largest absolute Gasteiger partial charge is 0.478 e. The van der Waals surface area contributed by atoms with Gasteiger partial charge in [-0.15, -0.1) is 0 Å². The molecule has 2 aromatic rings. The van der Waals surface area contributed by atoms with E-state index in [0.29, 0.717) is 18.7 Å². The molecule has 0 spiro atoms. The van der Waals surface area contributed by atoms with E-state index in [1.807, 2.05) is 26.1 Å². The minimum Gasteiger partial charge on any atom is -0.478 e. The third-order valence-electron chi connectivity index (χ3n) is 3.37. The van der Waals surface area contributed by atoms with Gasteiger partial charge in [0.15, 0.2) is 0 Å². The lowest BCUT2D eigenvalue weighted by molar-refractivity contribution is 0.0696. The number of hydrogen-bond donors (Lipinski definition) is 1. The number of carbonyl (C=O) groups is 1. The SMILES string of the molecule is Cc1cc(C(=O)O)ccc1CN(C)Cc1cccc(F)c1. The van der Waals surface area contributed by atoms with Crippen molar-refractivity contribution in [1.29, 1.82) is 0 Å². The third kappa shape index (κ3) is 4.13. The van der Waals surface area contributed by atoms with Crippen molar-refractivity contribution >= 4 is 5.97 Å². The summed E-state index contributed by atoms with van der Waals surface area (Å²) in [5.74, 6) is -1.15. The molecule has 0 atom stereocenters. The fourth-order valence-corrected chi connectivity index (χ4v) is 2.30. The van der Waals surface area contributed by atoms with Crippen molar-refractivity contribution in [3.63, 3.8) is 0 Å². The number of nitrogens with zero attached hydrogens (tertiary/aromatic N) is 1. The van der Waals surface area contributed by atoms with Gasteiger partial charge in [-0.05, 0) is 54.9 Å². The summed E-state index contributed by atoms with van der Waals surface area (Å²) in [5.41, 5.74) is 3.22. The molecule has 0 radical (unpaired) electrons. The molecule has 0 aromatic heterocycles. The number of carboxylic acid groups (broad SMARTS) is 1. The summed E-state index contributed by atoms with van der Waals surface area (Å²) in [6, 6.07) is 11.7. The van der Waals surface area contributed by atoms with Gasteiger partial charge in [0.25, 0.3) is 0 Å². The Morgan fingerprint density at radius 1 is 1.19 bits per heavy atom. The first-order valence-electron chi connectivity index (χ1n) is 6.71. The van der Waals surface area contributed by atoms with Gasteiger partial charge >= 0.3 is 5.97 Å². The van der Waals surface area contributed by atoms with Gasteiger partial charge in [0, 0.05) is 13.1 Å². The van der Waals surface area contributed by atoms with Gasteiger partial charge in [0.1, 0.15) is 5.82 Å². The van der Waals surface area contributed by atoms with E-state index in [2.05, 4.69) is 4.90 Å². The maximum absolute atomic E-state index is 13.2. The molecule has 1 N–H and O–H groups in total. The Balaban J connectivity index is 2.06. The first-order chi connectivity index (χ1) is 9.95.